The quantitative estimate of drug-likeness (QED) is 0.919. The van der Waals surface area contributed by atoms with Crippen LogP contribution in [0.4, 0.5) is 5.82 Å². The first-order valence-corrected chi connectivity index (χ1v) is 9.24. The van der Waals surface area contributed by atoms with Crippen molar-refractivity contribution >= 4 is 11.7 Å². The van der Waals surface area contributed by atoms with Crippen LogP contribution in [0.5, 0.6) is 5.75 Å². The molecule has 1 aromatic carbocycles. The number of nitrogens with one attached hydrogen (secondary N) is 1. The Morgan fingerprint density at radius 3 is 3.04 bits per heavy atom. The second-order valence-electron chi connectivity index (χ2n) is 7.91. The number of aromatic nitrogens is 1. The van der Waals surface area contributed by atoms with Gasteiger partial charge in [0.1, 0.15) is 17.2 Å². The molecule has 5 heteroatoms. The molecule has 1 aromatic heterocycles. The van der Waals surface area contributed by atoms with E-state index < -0.39 is 0 Å². The molecule has 1 saturated heterocycles. The van der Waals surface area contributed by atoms with E-state index in [2.05, 4.69) is 47.2 Å². The summed E-state index contributed by atoms with van der Waals surface area (Å²) in [7, 11) is 0. The topological polar surface area (TPSA) is 54.5 Å². The first-order valence-electron chi connectivity index (χ1n) is 9.24. The van der Waals surface area contributed by atoms with E-state index in [1.807, 2.05) is 18.2 Å². The van der Waals surface area contributed by atoms with Gasteiger partial charge in [0.25, 0.3) is 0 Å². The van der Waals surface area contributed by atoms with Crippen LogP contribution in [0, 0.1) is 5.92 Å². The SMILES string of the molecule is CC1(C)Cc2cc(CN3CC[C@@H](C(=O)Nc4ccccn4)C3)ccc2O1. The minimum Gasteiger partial charge on any atom is -0.487 e. The molecule has 4 rings (SSSR count). The van der Waals surface area contributed by atoms with Crippen molar-refractivity contribution < 1.29 is 9.53 Å². The second kappa shape index (κ2) is 6.72. The van der Waals surface area contributed by atoms with Crippen molar-refractivity contribution in [3.63, 3.8) is 0 Å². The first kappa shape index (κ1) is 17.0. The van der Waals surface area contributed by atoms with Gasteiger partial charge in [-0.25, -0.2) is 4.98 Å². The number of fused-ring (bicyclic) bond motifs is 1. The number of carbonyl (C=O) groups is 1. The van der Waals surface area contributed by atoms with Gasteiger partial charge in [-0.3, -0.25) is 9.69 Å². The molecule has 2 aliphatic heterocycles. The maximum Gasteiger partial charge on any atom is 0.229 e. The van der Waals surface area contributed by atoms with Crippen LogP contribution in [0.2, 0.25) is 0 Å². The Morgan fingerprint density at radius 1 is 1.35 bits per heavy atom. The van der Waals surface area contributed by atoms with E-state index in [1.54, 1.807) is 6.20 Å². The molecule has 2 aliphatic rings. The summed E-state index contributed by atoms with van der Waals surface area (Å²) < 4.78 is 5.95. The molecule has 0 unspecified atom stereocenters. The van der Waals surface area contributed by atoms with Gasteiger partial charge in [0.15, 0.2) is 0 Å². The van der Waals surface area contributed by atoms with Crippen LogP contribution < -0.4 is 10.1 Å². The number of amides is 1. The standard InChI is InChI=1S/C21H25N3O2/c1-21(2)12-17-11-15(6-7-18(17)26-21)13-24-10-8-16(14-24)20(25)23-19-5-3-4-9-22-19/h3-7,9,11,16H,8,10,12-14H2,1-2H3,(H,22,23,25)/t16-/m1/s1. The van der Waals surface area contributed by atoms with Gasteiger partial charge in [0.05, 0.1) is 5.92 Å². The van der Waals surface area contributed by atoms with Gasteiger partial charge < -0.3 is 10.1 Å². The minimum atomic E-state index is -0.108. The highest BCUT2D eigenvalue weighted by atomic mass is 16.5. The Bertz CT molecular complexity index is 804. The molecule has 136 valence electrons. The molecule has 0 saturated carbocycles. The number of hydrogen-bond acceptors (Lipinski definition) is 4. The van der Waals surface area contributed by atoms with E-state index in [9.17, 15) is 4.79 Å². The van der Waals surface area contributed by atoms with Crippen molar-refractivity contribution in [3.05, 3.63) is 53.7 Å². The summed E-state index contributed by atoms with van der Waals surface area (Å²) in [5.74, 6) is 1.72. The van der Waals surface area contributed by atoms with Crippen molar-refractivity contribution in [2.75, 3.05) is 18.4 Å². The Kier molecular flexibility index (Phi) is 4.41. The fourth-order valence-corrected chi connectivity index (χ4v) is 3.87. The molecular formula is C21H25N3O2. The van der Waals surface area contributed by atoms with Gasteiger partial charge in [0, 0.05) is 25.7 Å². The molecule has 0 bridgehead atoms. The highest BCUT2D eigenvalue weighted by Crippen LogP contribution is 2.35. The van der Waals surface area contributed by atoms with Gasteiger partial charge in [-0.15, -0.1) is 0 Å². The number of rotatable bonds is 4. The zero-order valence-corrected chi connectivity index (χ0v) is 15.4. The molecule has 26 heavy (non-hydrogen) atoms. The summed E-state index contributed by atoms with van der Waals surface area (Å²) in [5.41, 5.74) is 2.47. The van der Waals surface area contributed by atoms with Gasteiger partial charge in [-0.1, -0.05) is 18.2 Å². The fourth-order valence-electron chi connectivity index (χ4n) is 3.87. The summed E-state index contributed by atoms with van der Waals surface area (Å²) in [6.07, 6.45) is 3.53. The fraction of sp³-hybridized carbons (Fsp3) is 0.429. The molecule has 1 fully saturated rings. The number of nitrogens with zero attached hydrogens (tertiary/aromatic N) is 2. The van der Waals surface area contributed by atoms with Crippen LogP contribution in [0.15, 0.2) is 42.6 Å². The van der Waals surface area contributed by atoms with E-state index in [4.69, 9.17) is 4.74 Å². The van der Waals surface area contributed by atoms with Crippen molar-refractivity contribution in [3.8, 4) is 5.75 Å². The van der Waals surface area contributed by atoms with E-state index >= 15 is 0 Å². The lowest BCUT2D eigenvalue weighted by molar-refractivity contribution is -0.119. The van der Waals surface area contributed by atoms with E-state index in [0.29, 0.717) is 5.82 Å². The lowest BCUT2D eigenvalue weighted by Crippen LogP contribution is -2.27. The van der Waals surface area contributed by atoms with Crippen LogP contribution in [0.1, 0.15) is 31.4 Å². The maximum absolute atomic E-state index is 12.4. The summed E-state index contributed by atoms with van der Waals surface area (Å²) in [4.78, 5) is 19.0. The molecule has 3 heterocycles. The van der Waals surface area contributed by atoms with Crippen molar-refractivity contribution in [2.24, 2.45) is 5.92 Å². The highest BCUT2D eigenvalue weighted by molar-refractivity contribution is 5.92. The molecule has 1 atom stereocenters. The van der Waals surface area contributed by atoms with Crippen molar-refractivity contribution in [2.45, 2.75) is 38.8 Å². The lowest BCUT2D eigenvalue weighted by atomic mass is 10.00. The van der Waals surface area contributed by atoms with Crippen molar-refractivity contribution in [1.82, 2.24) is 9.88 Å². The number of likely N-dealkylation sites (tertiary alicyclic amines) is 1. The summed E-state index contributed by atoms with van der Waals surface area (Å²) in [6.45, 7) is 6.86. The van der Waals surface area contributed by atoms with Crippen LogP contribution in [0.3, 0.4) is 0 Å². The van der Waals surface area contributed by atoms with Gasteiger partial charge >= 0.3 is 0 Å². The third kappa shape index (κ3) is 3.73. The van der Waals surface area contributed by atoms with Gasteiger partial charge in [0.2, 0.25) is 5.91 Å². The van der Waals surface area contributed by atoms with E-state index in [0.717, 1.165) is 38.2 Å². The van der Waals surface area contributed by atoms with Crippen LogP contribution >= 0.6 is 0 Å². The number of pyridine rings is 1. The number of ether oxygens (including phenoxy) is 1. The Morgan fingerprint density at radius 2 is 2.23 bits per heavy atom. The highest BCUT2D eigenvalue weighted by Gasteiger charge is 2.31. The van der Waals surface area contributed by atoms with E-state index in [1.165, 1.54) is 11.1 Å². The minimum absolute atomic E-state index is 0.0219. The Balaban J connectivity index is 1.34. The number of anilines is 1. The Labute approximate surface area is 154 Å². The Hall–Kier alpha value is -2.40. The molecule has 5 nitrogen and oxygen atoms in total. The molecular weight excluding hydrogens is 326 g/mol. The second-order valence-corrected chi connectivity index (χ2v) is 7.91. The smallest absolute Gasteiger partial charge is 0.229 e. The monoisotopic (exact) mass is 351 g/mol. The average Bonchev–Trinajstić information content (AvgIpc) is 3.18. The van der Waals surface area contributed by atoms with Gasteiger partial charge in [-0.2, -0.15) is 0 Å². The number of hydrogen-bond donors (Lipinski definition) is 1. The first-order chi connectivity index (χ1) is 12.5. The van der Waals surface area contributed by atoms with Crippen LogP contribution in [-0.4, -0.2) is 34.5 Å². The zero-order valence-electron chi connectivity index (χ0n) is 15.4. The number of carbonyl (C=O) groups excluding carboxylic acids is 1. The summed E-state index contributed by atoms with van der Waals surface area (Å²) in [6, 6.07) is 12.0. The number of benzene rings is 1. The molecule has 0 aliphatic carbocycles. The maximum atomic E-state index is 12.4. The third-order valence-corrected chi connectivity index (χ3v) is 5.09. The van der Waals surface area contributed by atoms with Gasteiger partial charge in [-0.05, 0) is 56.1 Å². The summed E-state index contributed by atoms with van der Waals surface area (Å²) in [5, 5.41) is 2.92. The van der Waals surface area contributed by atoms with Crippen LogP contribution in [-0.2, 0) is 17.8 Å². The zero-order chi connectivity index (χ0) is 18.1. The predicted molar refractivity (Wildman–Crippen MR) is 101 cm³/mol. The van der Waals surface area contributed by atoms with E-state index in [-0.39, 0.29) is 17.4 Å². The van der Waals surface area contributed by atoms with Crippen LogP contribution in [0.25, 0.3) is 0 Å². The largest absolute Gasteiger partial charge is 0.487 e. The van der Waals surface area contributed by atoms with Crippen molar-refractivity contribution in [1.29, 1.82) is 0 Å². The summed E-state index contributed by atoms with van der Waals surface area (Å²) >= 11 is 0. The molecule has 2 aromatic rings. The third-order valence-electron chi connectivity index (χ3n) is 5.09. The molecule has 0 radical (unpaired) electrons. The lowest BCUT2D eigenvalue weighted by Gasteiger charge is -2.17. The molecule has 0 spiro atoms. The molecule has 1 amide bonds. The predicted octanol–water partition coefficient (Wildman–Crippen LogP) is 3.26. The average molecular weight is 351 g/mol. The molecule has 1 N–H and O–H groups in total. The normalized spacial score (nSPS) is 21.2.